The topological polar surface area (TPSA) is 34.1 Å². The first kappa shape index (κ1) is 11.2. The molecule has 2 nitrogen and oxygen atoms in total. The third-order valence-corrected chi connectivity index (χ3v) is 2.76. The van der Waals surface area contributed by atoms with Crippen LogP contribution in [0.25, 0.3) is 0 Å². The van der Waals surface area contributed by atoms with E-state index in [0.717, 1.165) is 12.0 Å². The molecular formula is C10H13FO2S. The predicted octanol–water partition coefficient (Wildman–Crippen LogP) is 2.09. The third-order valence-electron chi connectivity index (χ3n) is 2.07. The Labute approximate surface area is 84.0 Å². The van der Waals surface area contributed by atoms with Crippen LogP contribution in [0.15, 0.2) is 24.3 Å². The Morgan fingerprint density at radius 3 is 2.07 bits per heavy atom. The van der Waals surface area contributed by atoms with Gasteiger partial charge in [0.05, 0.1) is 5.75 Å². The first-order valence-electron chi connectivity index (χ1n) is 4.51. The van der Waals surface area contributed by atoms with Crippen LogP contribution in [0, 0.1) is 0 Å². The van der Waals surface area contributed by atoms with E-state index in [1.54, 1.807) is 0 Å². The van der Waals surface area contributed by atoms with Gasteiger partial charge in [0.15, 0.2) is 0 Å². The second-order valence-electron chi connectivity index (χ2n) is 3.16. The van der Waals surface area contributed by atoms with Crippen molar-refractivity contribution in [3.05, 3.63) is 35.4 Å². The predicted molar refractivity (Wildman–Crippen MR) is 54.4 cm³/mol. The standard InChI is InChI=1S/C10H13FO2S/c1-2-9-3-5-10(6-4-9)7-8-14(11,12)13/h3-6H,2,7-8H2,1H3. The maximum absolute atomic E-state index is 12.2. The van der Waals surface area contributed by atoms with Crippen LogP contribution < -0.4 is 0 Å². The lowest BCUT2D eigenvalue weighted by molar-refractivity contribution is 0.551. The molecule has 0 spiro atoms. The summed E-state index contributed by atoms with van der Waals surface area (Å²) in [6.07, 6.45) is 1.19. The van der Waals surface area contributed by atoms with Crippen molar-refractivity contribution in [1.82, 2.24) is 0 Å². The lowest BCUT2D eigenvalue weighted by Crippen LogP contribution is -2.01. The molecule has 0 atom stereocenters. The molecule has 0 unspecified atom stereocenters. The Hall–Kier alpha value is -0.900. The highest BCUT2D eigenvalue weighted by Gasteiger charge is 2.06. The van der Waals surface area contributed by atoms with Crippen LogP contribution in [-0.4, -0.2) is 14.2 Å². The van der Waals surface area contributed by atoms with E-state index in [9.17, 15) is 12.3 Å². The molecule has 1 aromatic carbocycles. The van der Waals surface area contributed by atoms with Crippen molar-refractivity contribution < 1.29 is 12.3 Å². The Bertz CT molecular complexity index is 381. The lowest BCUT2D eigenvalue weighted by atomic mass is 10.1. The molecule has 0 bridgehead atoms. The molecule has 1 rings (SSSR count). The van der Waals surface area contributed by atoms with E-state index in [2.05, 4.69) is 0 Å². The highest BCUT2D eigenvalue weighted by molar-refractivity contribution is 7.86. The molecule has 0 aliphatic carbocycles. The molecule has 4 heteroatoms. The highest BCUT2D eigenvalue weighted by Crippen LogP contribution is 2.07. The summed E-state index contributed by atoms with van der Waals surface area (Å²) in [5, 5.41) is 0. The van der Waals surface area contributed by atoms with Crippen molar-refractivity contribution in [2.45, 2.75) is 19.8 Å². The van der Waals surface area contributed by atoms with E-state index in [4.69, 9.17) is 0 Å². The summed E-state index contributed by atoms with van der Waals surface area (Å²) in [4.78, 5) is 0. The minimum atomic E-state index is -4.34. The van der Waals surface area contributed by atoms with Gasteiger partial charge in [-0.2, -0.15) is 8.42 Å². The second-order valence-corrected chi connectivity index (χ2v) is 4.65. The van der Waals surface area contributed by atoms with Crippen molar-refractivity contribution >= 4 is 10.2 Å². The maximum atomic E-state index is 12.2. The average Bonchev–Trinajstić information content (AvgIpc) is 2.14. The Morgan fingerprint density at radius 2 is 1.64 bits per heavy atom. The van der Waals surface area contributed by atoms with Gasteiger partial charge in [-0.1, -0.05) is 31.2 Å². The smallest absolute Gasteiger partial charge is 0.195 e. The Morgan fingerprint density at radius 1 is 1.14 bits per heavy atom. The van der Waals surface area contributed by atoms with Gasteiger partial charge in [-0.25, -0.2) is 0 Å². The van der Waals surface area contributed by atoms with Crippen LogP contribution in [0.4, 0.5) is 3.89 Å². The maximum Gasteiger partial charge on any atom is 0.302 e. The fraction of sp³-hybridized carbons (Fsp3) is 0.400. The molecule has 0 heterocycles. The molecule has 0 aromatic heterocycles. The van der Waals surface area contributed by atoms with Crippen LogP contribution in [-0.2, 0) is 23.1 Å². The quantitative estimate of drug-likeness (QED) is 0.722. The zero-order valence-electron chi connectivity index (χ0n) is 8.03. The summed E-state index contributed by atoms with van der Waals surface area (Å²) >= 11 is 0. The summed E-state index contributed by atoms with van der Waals surface area (Å²) in [5.74, 6) is -0.432. The molecule has 78 valence electrons. The minimum Gasteiger partial charge on any atom is -0.195 e. The van der Waals surface area contributed by atoms with Crippen molar-refractivity contribution in [2.24, 2.45) is 0 Å². The minimum absolute atomic E-state index is 0.239. The van der Waals surface area contributed by atoms with Crippen LogP contribution in [0.2, 0.25) is 0 Å². The first-order valence-corrected chi connectivity index (χ1v) is 6.06. The van der Waals surface area contributed by atoms with Crippen molar-refractivity contribution in [2.75, 3.05) is 5.75 Å². The molecule has 0 saturated heterocycles. The molecule has 0 aliphatic heterocycles. The zero-order valence-corrected chi connectivity index (χ0v) is 8.85. The summed E-state index contributed by atoms with van der Waals surface area (Å²) in [6, 6.07) is 7.54. The first-order chi connectivity index (χ1) is 6.51. The van der Waals surface area contributed by atoms with Crippen LogP contribution >= 0.6 is 0 Å². The van der Waals surface area contributed by atoms with Crippen molar-refractivity contribution in [3.63, 3.8) is 0 Å². The van der Waals surface area contributed by atoms with Gasteiger partial charge < -0.3 is 0 Å². The number of halogens is 1. The summed E-state index contributed by atoms with van der Waals surface area (Å²) in [6.45, 7) is 2.04. The molecule has 0 aliphatic rings. The van der Waals surface area contributed by atoms with Gasteiger partial charge in [0.1, 0.15) is 0 Å². The number of hydrogen-bond acceptors (Lipinski definition) is 2. The van der Waals surface area contributed by atoms with E-state index >= 15 is 0 Å². The number of benzene rings is 1. The Kier molecular flexibility index (Phi) is 3.63. The van der Waals surface area contributed by atoms with Gasteiger partial charge in [0, 0.05) is 0 Å². The number of rotatable bonds is 4. The SMILES string of the molecule is CCc1ccc(CCS(=O)(=O)F)cc1. The second kappa shape index (κ2) is 4.55. The molecule has 0 amide bonds. The fourth-order valence-electron chi connectivity index (χ4n) is 1.18. The number of aryl methyl sites for hydroxylation is 2. The molecule has 14 heavy (non-hydrogen) atoms. The van der Waals surface area contributed by atoms with Gasteiger partial charge in [-0.15, -0.1) is 3.89 Å². The van der Waals surface area contributed by atoms with Gasteiger partial charge in [-0.3, -0.25) is 0 Å². The van der Waals surface area contributed by atoms with E-state index in [0.29, 0.717) is 0 Å². The van der Waals surface area contributed by atoms with E-state index < -0.39 is 16.0 Å². The molecular weight excluding hydrogens is 203 g/mol. The normalized spacial score (nSPS) is 11.6. The molecule has 0 saturated carbocycles. The zero-order chi connectivity index (χ0) is 10.6. The average molecular weight is 216 g/mol. The van der Waals surface area contributed by atoms with Crippen molar-refractivity contribution in [3.8, 4) is 0 Å². The lowest BCUT2D eigenvalue weighted by Gasteiger charge is -2.00. The summed E-state index contributed by atoms with van der Waals surface area (Å²) < 4.78 is 32.7. The van der Waals surface area contributed by atoms with Crippen LogP contribution in [0.3, 0.4) is 0 Å². The van der Waals surface area contributed by atoms with E-state index in [1.807, 2.05) is 31.2 Å². The summed E-state index contributed by atoms with van der Waals surface area (Å²) in [7, 11) is -4.34. The van der Waals surface area contributed by atoms with E-state index in [1.165, 1.54) is 5.56 Å². The van der Waals surface area contributed by atoms with Crippen molar-refractivity contribution in [1.29, 1.82) is 0 Å². The molecule has 0 N–H and O–H groups in total. The molecule has 0 radical (unpaired) electrons. The fourth-order valence-corrected chi connectivity index (χ4v) is 1.66. The van der Waals surface area contributed by atoms with Crippen LogP contribution in [0.1, 0.15) is 18.1 Å². The largest absolute Gasteiger partial charge is 0.302 e. The van der Waals surface area contributed by atoms with Gasteiger partial charge in [-0.05, 0) is 24.0 Å². The van der Waals surface area contributed by atoms with Crippen LogP contribution in [0.5, 0.6) is 0 Å². The Balaban J connectivity index is 2.61. The summed E-state index contributed by atoms with van der Waals surface area (Å²) in [5.41, 5.74) is 2.04. The van der Waals surface area contributed by atoms with Gasteiger partial charge >= 0.3 is 10.2 Å². The number of hydrogen-bond donors (Lipinski definition) is 0. The highest BCUT2D eigenvalue weighted by atomic mass is 32.3. The molecule has 0 fully saturated rings. The van der Waals surface area contributed by atoms with Gasteiger partial charge in [0.25, 0.3) is 0 Å². The van der Waals surface area contributed by atoms with E-state index in [-0.39, 0.29) is 6.42 Å². The third kappa shape index (κ3) is 3.87. The molecule has 1 aromatic rings. The van der Waals surface area contributed by atoms with Gasteiger partial charge in [0.2, 0.25) is 0 Å². The monoisotopic (exact) mass is 216 g/mol.